The highest BCUT2D eigenvalue weighted by molar-refractivity contribution is 5.90. The lowest BCUT2D eigenvalue weighted by molar-refractivity contribution is -0.745. The number of ether oxygens (including phenoxy) is 1. The number of nitrogens with zero attached hydrogens (tertiary/aromatic N) is 7. The Labute approximate surface area is 165 Å². The van der Waals surface area contributed by atoms with Crippen molar-refractivity contribution in [3.05, 3.63) is 35.5 Å². The molecule has 2 aromatic heterocycles. The van der Waals surface area contributed by atoms with Crippen LogP contribution in [-0.2, 0) is 31.9 Å². The molecule has 1 unspecified atom stereocenters. The van der Waals surface area contributed by atoms with E-state index < -0.39 is 11.9 Å². The first-order valence-corrected chi connectivity index (χ1v) is 9.18. The van der Waals surface area contributed by atoms with Gasteiger partial charge in [-0.05, 0) is 25.1 Å². The lowest BCUT2D eigenvalue weighted by Crippen LogP contribution is -2.42. The molecule has 4 heterocycles. The number of rotatable bonds is 3. The molecule has 1 atom stereocenters. The fourth-order valence-corrected chi connectivity index (χ4v) is 3.58. The van der Waals surface area contributed by atoms with Gasteiger partial charge in [0.2, 0.25) is 5.89 Å². The van der Waals surface area contributed by atoms with E-state index in [0.29, 0.717) is 37.0 Å². The molecule has 1 amide bonds. The summed E-state index contributed by atoms with van der Waals surface area (Å²) in [6, 6.07) is 4.54. The van der Waals surface area contributed by atoms with Crippen LogP contribution in [0.5, 0.6) is 0 Å². The van der Waals surface area contributed by atoms with Gasteiger partial charge in [-0.2, -0.15) is 4.68 Å². The van der Waals surface area contributed by atoms with Crippen molar-refractivity contribution in [3.63, 3.8) is 0 Å². The van der Waals surface area contributed by atoms with Crippen LogP contribution < -0.4 is 14.5 Å². The van der Waals surface area contributed by atoms with Gasteiger partial charge in [0.1, 0.15) is 35.9 Å². The number of carbonyl (C=O) groups is 1. The second-order valence-corrected chi connectivity index (χ2v) is 7.22. The van der Waals surface area contributed by atoms with Crippen molar-refractivity contribution in [2.45, 2.75) is 26.1 Å². The minimum Gasteiger partial charge on any atom is -0.444 e. The van der Waals surface area contributed by atoms with Gasteiger partial charge < -0.3 is 9.15 Å². The average Bonchev–Trinajstić information content (AvgIpc) is 3.40. The summed E-state index contributed by atoms with van der Waals surface area (Å²) in [6.45, 7) is 3.16. The van der Waals surface area contributed by atoms with E-state index in [9.17, 15) is 9.18 Å². The van der Waals surface area contributed by atoms with Crippen LogP contribution in [0.4, 0.5) is 20.8 Å². The molecule has 0 saturated carbocycles. The fraction of sp³-hybridized carbons (Fsp3) is 0.389. The van der Waals surface area contributed by atoms with Crippen molar-refractivity contribution >= 4 is 17.7 Å². The van der Waals surface area contributed by atoms with Gasteiger partial charge in [-0.25, -0.2) is 14.2 Å². The third-order valence-electron chi connectivity index (χ3n) is 5.18. The molecule has 0 N–H and O–H groups in total. The number of benzene rings is 1. The van der Waals surface area contributed by atoms with Gasteiger partial charge in [-0.15, -0.1) is 0 Å². The molecule has 0 spiro atoms. The number of fused-ring (bicyclic) bond motifs is 1. The zero-order valence-electron chi connectivity index (χ0n) is 16.2. The topological polar surface area (TPSA) is 93.4 Å². The summed E-state index contributed by atoms with van der Waals surface area (Å²) in [5, 5.41) is 8.13. The van der Waals surface area contributed by atoms with Gasteiger partial charge in [0.05, 0.1) is 37.0 Å². The van der Waals surface area contributed by atoms with Crippen LogP contribution in [0.2, 0.25) is 0 Å². The van der Waals surface area contributed by atoms with E-state index in [1.165, 1.54) is 11.0 Å². The summed E-state index contributed by atoms with van der Waals surface area (Å²) in [4.78, 5) is 21.3. The maximum atomic E-state index is 14.8. The molecule has 10 nitrogen and oxygen atoms in total. The highest BCUT2D eigenvalue weighted by Crippen LogP contribution is 2.33. The fourth-order valence-electron chi connectivity index (χ4n) is 3.58. The van der Waals surface area contributed by atoms with Crippen LogP contribution in [0.25, 0.3) is 11.5 Å². The Bertz CT molecular complexity index is 1100. The summed E-state index contributed by atoms with van der Waals surface area (Å²) >= 11 is 0. The molecule has 150 valence electrons. The third kappa shape index (κ3) is 2.80. The molecule has 2 aliphatic heterocycles. The van der Waals surface area contributed by atoms with Crippen molar-refractivity contribution < 1.29 is 23.0 Å². The molecule has 11 heteroatoms. The molecule has 1 saturated heterocycles. The van der Waals surface area contributed by atoms with Crippen molar-refractivity contribution in [1.29, 1.82) is 0 Å². The monoisotopic (exact) mass is 400 g/mol. The van der Waals surface area contributed by atoms with E-state index in [2.05, 4.69) is 15.3 Å². The molecule has 2 aliphatic rings. The first-order chi connectivity index (χ1) is 13.9. The molecular weight excluding hydrogens is 381 g/mol. The number of cyclic esters (lactones) is 1. The van der Waals surface area contributed by atoms with Gasteiger partial charge in [0, 0.05) is 0 Å². The first kappa shape index (κ1) is 17.6. The molecule has 0 aliphatic carbocycles. The summed E-state index contributed by atoms with van der Waals surface area (Å²) in [6.07, 6.45) is -0.698. The summed E-state index contributed by atoms with van der Waals surface area (Å²) in [5.41, 5.74) is 1.44. The molecule has 5 rings (SSSR count). The molecule has 1 aromatic carbocycles. The number of oxazole rings is 1. The number of halogens is 1. The maximum absolute atomic E-state index is 14.8. The molecule has 3 aromatic rings. The quantitative estimate of drug-likeness (QED) is 0.612. The standard InChI is InChI=1S/C18H19FN7O3/c1-10-7-26(18(27)28-10)11-4-5-12(13(19)6-11)16-20-14-8-25(9-15(14)29-16)17-21-22-24(3)23(17)2/h4-6,10H,7-9H2,1-3H3/q+1. The average molecular weight is 400 g/mol. The number of aromatic nitrogens is 5. The minimum absolute atomic E-state index is 0.222. The zero-order chi connectivity index (χ0) is 20.3. The van der Waals surface area contributed by atoms with E-state index in [0.717, 1.165) is 5.69 Å². The molecule has 0 bridgehead atoms. The Morgan fingerprint density at radius 3 is 2.76 bits per heavy atom. The lowest BCUT2D eigenvalue weighted by Gasteiger charge is -2.13. The smallest absolute Gasteiger partial charge is 0.414 e. The molecule has 0 radical (unpaired) electrons. The maximum Gasteiger partial charge on any atom is 0.414 e. The highest BCUT2D eigenvalue weighted by Gasteiger charge is 2.35. The Morgan fingerprint density at radius 1 is 1.31 bits per heavy atom. The Hall–Kier alpha value is -3.50. The van der Waals surface area contributed by atoms with Crippen LogP contribution in [0.15, 0.2) is 22.6 Å². The summed E-state index contributed by atoms with van der Waals surface area (Å²) < 4.78 is 27.5. The second-order valence-electron chi connectivity index (χ2n) is 7.22. The minimum atomic E-state index is -0.507. The van der Waals surface area contributed by atoms with Crippen LogP contribution in [0.3, 0.4) is 0 Å². The molecular formula is C18H19FN7O3+. The number of amides is 1. The Kier molecular flexibility index (Phi) is 3.80. The molecule has 29 heavy (non-hydrogen) atoms. The number of hydrogen-bond acceptors (Lipinski definition) is 7. The number of tetrazole rings is 1. The Morgan fingerprint density at radius 2 is 2.14 bits per heavy atom. The van der Waals surface area contributed by atoms with E-state index in [1.807, 2.05) is 16.6 Å². The largest absolute Gasteiger partial charge is 0.444 e. The number of aryl methyl sites for hydroxylation is 1. The van der Waals surface area contributed by atoms with Crippen LogP contribution in [0, 0.1) is 5.82 Å². The number of anilines is 2. The number of carbonyl (C=O) groups excluding carboxylic acids is 1. The van der Waals surface area contributed by atoms with Crippen molar-refractivity contribution in [3.8, 4) is 11.5 Å². The highest BCUT2D eigenvalue weighted by atomic mass is 19.1. The predicted octanol–water partition coefficient (Wildman–Crippen LogP) is 1.30. The van der Waals surface area contributed by atoms with Crippen LogP contribution in [0.1, 0.15) is 18.4 Å². The van der Waals surface area contributed by atoms with Crippen molar-refractivity contribution in [2.24, 2.45) is 14.1 Å². The third-order valence-corrected chi connectivity index (χ3v) is 5.18. The normalized spacial score (nSPS) is 18.5. The van der Waals surface area contributed by atoms with E-state index in [-0.39, 0.29) is 17.6 Å². The van der Waals surface area contributed by atoms with Gasteiger partial charge in [-0.3, -0.25) is 9.80 Å². The Balaban J connectivity index is 1.38. The summed E-state index contributed by atoms with van der Waals surface area (Å²) in [7, 11) is 3.66. The van der Waals surface area contributed by atoms with E-state index in [1.54, 1.807) is 30.9 Å². The second kappa shape index (κ2) is 6.26. The van der Waals surface area contributed by atoms with Crippen LogP contribution in [-0.4, -0.2) is 38.8 Å². The SMILES string of the molecule is CC1CN(c2ccc(-c3nc4c(o3)CN(c3nnn(C)[n+]3C)C4)c(F)c2)C(=O)O1. The number of hydrogen-bond donors (Lipinski definition) is 0. The summed E-state index contributed by atoms with van der Waals surface area (Å²) in [5.74, 6) is 1.09. The van der Waals surface area contributed by atoms with Crippen molar-refractivity contribution in [1.82, 2.24) is 20.1 Å². The van der Waals surface area contributed by atoms with Crippen molar-refractivity contribution in [2.75, 3.05) is 16.3 Å². The van der Waals surface area contributed by atoms with Gasteiger partial charge in [0.15, 0.2) is 5.76 Å². The molecule has 1 fully saturated rings. The predicted molar refractivity (Wildman–Crippen MR) is 97.3 cm³/mol. The zero-order valence-corrected chi connectivity index (χ0v) is 16.2. The van der Waals surface area contributed by atoms with E-state index >= 15 is 0 Å². The van der Waals surface area contributed by atoms with E-state index in [4.69, 9.17) is 9.15 Å². The van der Waals surface area contributed by atoms with Gasteiger partial charge in [-0.1, -0.05) is 4.80 Å². The first-order valence-electron chi connectivity index (χ1n) is 9.18. The van der Waals surface area contributed by atoms with Gasteiger partial charge >= 0.3 is 12.0 Å². The van der Waals surface area contributed by atoms with Crippen LogP contribution >= 0.6 is 0 Å². The van der Waals surface area contributed by atoms with Gasteiger partial charge in [0.25, 0.3) is 0 Å². The lowest BCUT2D eigenvalue weighted by atomic mass is 10.1.